The van der Waals surface area contributed by atoms with Gasteiger partial charge in [-0.15, -0.1) is 0 Å². The van der Waals surface area contributed by atoms with Gasteiger partial charge in [0.25, 0.3) is 0 Å². The number of ether oxygens (including phenoxy) is 3. The summed E-state index contributed by atoms with van der Waals surface area (Å²) >= 11 is 5.45. The molecule has 0 spiro atoms. The summed E-state index contributed by atoms with van der Waals surface area (Å²) in [5, 5.41) is 3.67. The average Bonchev–Trinajstić information content (AvgIpc) is 2.65. The molecule has 1 aliphatic heterocycles. The summed E-state index contributed by atoms with van der Waals surface area (Å²) in [5.74, 6) is 0.766. The summed E-state index contributed by atoms with van der Waals surface area (Å²) in [6.45, 7) is 2.61. The minimum absolute atomic E-state index is 0.0955. The summed E-state index contributed by atoms with van der Waals surface area (Å²) in [7, 11) is 2.92. The van der Waals surface area contributed by atoms with E-state index in [0.29, 0.717) is 43.0 Å². The zero-order chi connectivity index (χ0) is 17.4. The molecule has 0 saturated carbocycles. The first-order chi connectivity index (χ1) is 11.6. The van der Waals surface area contributed by atoms with Crippen molar-refractivity contribution in [3.05, 3.63) is 29.8 Å². The number of esters is 1. The number of methoxy groups -OCH3 is 2. The van der Waals surface area contributed by atoms with Gasteiger partial charge in [0.15, 0.2) is 5.11 Å². The maximum Gasteiger partial charge on any atom is 0.327 e. The number of hydrogen-bond donors (Lipinski definition) is 1. The number of nitrogens with one attached hydrogen (secondary N) is 1. The second kappa shape index (κ2) is 9.19. The number of nitrogens with zero attached hydrogens (tertiary/aromatic N) is 2. The molecule has 2 rings (SSSR count). The van der Waals surface area contributed by atoms with Crippen molar-refractivity contribution in [2.75, 3.05) is 47.1 Å². The summed E-state index contributed by atoms with van der Waals surface area (Å²) in [4.78, 5) is 17.7. The van der Waals surface area contributed by atoms with Gasteiger partial charge < -0.3 is 24.4 Å². The Labute approximate surface area is 146 Å². The predicted octanol–water partition coefficient (Wildman–Crippen LogP) is 0.822. The molecule has 0 unspecified atom stereocenters. The van der Waals surface area contributed by atoms with Crippen molar-refractivity contribution in [3.8, 4) is 5.75 Å². The molecular weight excluding hydrogens is 330 g/mol. The van der Waals surface area contributed by atoms with E-state index in [1.54, 1.807) is 7.11 Å². The lowest BCUT2D eigenvalue weighted by Gasteiger charge is -2.29. The summed E-state index contributed by atoms with van der Waals surface area (Å²) in [5.41, 5.74) is 0.772. The average molecular weight is 351 g/mol. The number of hydrogen-bond acceptors (Lipinski definition) is 6. The number of amidine groups is 1. The van der Waals surface area contributed by atoms with Gasteiger partial charge in [0, 0.05) is 18.7 Å². The van der Waals surface area contributed by atoms with Crippen LogP contribution in [-0.2, 0) is 14.3 Å². The second-order valence-corrected chi connectivity index (χ2v) is 5.39. The van der Waals surface area contributed by atoms with Crippen molar-refractivity contribution < 1.29 is 19.0 Å². The fourth-order valence-electron chi connectivity index (χ4n) is 2.13. The fourth-order valence-corrected chi connectivity index (χ4v) is 2.41. The molecule has 7 nitrogen and oxygen atoms in total. The van der Waals surface area contributed by atoms with Crippen molar-refractivity contribution in [1.29, 1.82) is 0 Å². The first-order valence-corrected chi connectivity index (χ1v) is 7.94. The van der Waals surface area contributed by atoms with Crippen molar-refractivity contribution in [2.45, 2.75) is 0 Å². The van der Waals surface area contributed by atoms with Gasteiger partial charge in [0.05, 0.1) is 27.4 Å². The van der Waals surface area contributed by atoms with Crippen LogP contribution in [0.2, 0.25) is 0 Å². The van der Waals surface area contributed by atoms with E-state index in [9.17, 15) is 4.79 Å². The quantitative estimate of drug-likeness (QED) is 0.373. The molecule has 0 atom stereocenters. The van der Waals surface area contributed by atoms with Gasteiger partial charge in [-0.2, -0.15) is 0 Å². The molecule has 0 amide bonds. The third-order valence-electron chi connectivity index (χ3n) is 3.46. The van der Waals surface area contributed by atoms with Crippen LogP contribution in [-0.4, -0.2) is 68.9 Å². The van der Waals surface area contributed by atoms with Gasteiger partial charge in [-0.25, -0.2) is 0 Å². The van der Waals surface area contributed by atoms with Gasteiger partial charge in [-0.1, -0.05) is 12.1 Å². The first kappa shape index (κ1) is 18.2. The fraction of sp³-hybridized carbons (Fsp3) is 0.438. The molecule has 0 aliphatic carbocycles. The Morgan fingerprint density at radius 1 is 1.38 bits per heavy atom. The molecule has 0 radical (unpaired) electrons. The van der Waals surface area contributed by atoms with Crippen LogP contribution < -0.4 is 10.1 Å². The van der Waals surface area contributed by atoms with Crippen LogP contribution in [0.3, 0.4) is 0 Å². The van der Waals surface area contributed by atoms with E-state index in [0.717, 1.165) is 5.56 Å². The second-order valence-electron chi connectivity index (χ2n) is 5.00. The molecule has 1 heterocycles. The lowest BCUT2D eigenvalue weighted by molar-refractivity contribution is -0.138. The molecule has 8 heteroatoms. The molecule has 1 aliphatic rings. The highest BCUT2D eigenvalue weighted by Crippen LogP contribution is 2.13. The number of aliphatic imine (C=N–C) groups is 1. The molecule has 1 N–H and O–H groups in total. The monoisotopic (exact) mass is 351 g/mol. The van der Waals surface area contributed by atoms with E-state index in [-0.39, 0.29) is 6.54 Å². The Morgan fingerprint density at radius 3 is 2.79 bits per heavy atom. The minimum atomic E-state index is -0.422. The lowest BCUT2D eigenvalue weighted by Crippen LogP contribution is -2.48. The topological polar surface area (TPSA) is 72.4 Å². The molecule has 1 fully saturated rings. The van der Waals surface area contributed by atoms with E-state index in [1.807, 2.05) is 29.2 Å². The molecule has 1 aromatic rings. The van der Waals surface area contributed by atoms with Crippen molar-refractivity contribution >= 4 is 29.1 Å². The number of thiocarbonyl (C=S) groups is 1. The lowest BCUT2D eigenvalue weighted by atomic mass is 10.2. The zero-order valence-corrected chi connectivity index (χ0v) is 14.6. The normalized spacial score (nSPS) is 14.9. The number of rotatable bonds is 4. The van der Waals surface area contributed by atoms with Crippen LogP contribution in [0.4, 0.5) is 0 Å². The van der Waals surface area contributed by atoms with E-state index in [4.69, 9.17) is 21.7 Å². The van der Waals surface area contributed by atoms with Crippen LogP contribution in [0.15, 0.2) is 29.3 Å². The van der Waals surface area contributed by atoms with Crippen LogP contribution in [0, 0.1) is 0 Å². The Morgan fingerprint density at radius 2 is 2.12 bits per heavy atom. The van der Waals surface area contributed by atoms with Crippen LogP contribution in [0.25, 0.3) is 0 Å². The minimum Gasteiger partial charge on any atom is -0.497 e. The highest BCUT2D eigenvalue weighted by Gasteiger charge is 2.16. The largest absolute Gasteiger partial charge is 0.497 e. The maximum absolute atomic E-state index is 11.4. The van der Waals surface area contributed by atoms with E-state index < -0.39 is 5.97 Å². The van der Waals surface area contributed by atoms with Crippen molar-refractivity contribution in [2.24, 2.45) is 4.99 Å². The van der Waals surface area contributed by atoms with Crippen LogP contribution in [0.1, 0.15) is 5.56 Å². The van der Waals surface area contributed by atoms with Crippen LogP contribution >= 0.6 is 12.2 Å². The van der Waals surface area contributed by atoms with Gasteiger partial charge in [0.2, 0.25) is 0 Å². The molecule has 0 aromatic heterocycles. The van der Waals surface area contributed by atoms with Gasteiger partial charge in [-0.3, -0.25) is 9.79 Å². The SMILES string of the molecule is COC(=O)CN=C(NC(=S)N1CCOCC1)c1cccc(OC)c1. The van der Waals surface area contributed by atoms with Crippen LogP contribution in [0.5, 0.6) is 5.75 Å². The van der Waals surface area contributed by atoms with E-state index >= 15 is 0 Å². The molecule has 1 aromatic carbocycles. The molecule has 130 valence electrons. The number of carbonyl (C=O) groups is 1. The summed E-state index contributed by atoms with van der Waals surface area (Å²) < 4.78 is 15.2. The van der Waals surface area contributed by atoms with Crippen molar-refractivity contribution in [1.82, 2.24) is 10.2 Å². The maximum atomic E-state index is 11.4. The summed E-state index contributed by atoms with van der Waals surface area (Å²) in [6.07, 6.45) is 0. The van der Waals surface area contributed by atoms with Gasteiger partial charge in [0.1, 0.15) is 18.1 Å². The number of benzene rings is 1. The molecule has 24 heavy (non-hydrogen) atoms. The standard InChI is InChI=1S/C16H21N3O4S/c1-21-13-5-3-4-12(10-13)15(17-11-14(20)22-2)18-16(24)19-6-8-23-9-7-19/h3-5,10H,6-9,11H2,1-2H3,(H,17,18,24). The molecular formula is C16H21N3O4S. The molecule has 0 bridgehead atoms. The van der Waals surface area contributed by atoms with E-state index in [2.05, 4.69) is 15.0 Å². The highest BCUT2D eigenvalue weighted by molar-refractivity contribution is 7.80. The number of carbonyl (C=O) groups excluding carboxylic acids is 1. The number of morpholine rings is 1. The zero-order valence-electron chi connectivity index (χ0n) is 13.8. The molecule has 1 saturated heterocycles. The Kier molecular flexibility index (Phi) is 6.95. The predicted molar refractivity (Wildman–Crippen MR) is 94.5 cm³/mol. The van der Waals surface area contributed by atoms with E-state index in [1.165, 1.54) is 7.11 Å². The first-order valence-electron chi connectivity index (χ1n) is 7.53. The Balaban J connectivity index is 2.18. The third-order valence-corrected chi connectivity index (χ3v) is 3.82. The smallest absolute Gasteiger partial charge is 0.327 e. The summed E-state index contributed by atoms with van der Waals surface area (Å²) in [6, 6.07) is 7.38. The Hall–Kier alpha value is -2.19. The Bertz CT molecular complexity index is 615. The third kappa shape index (κ3) is 5.17. The van der Waals surface area contributed by atoms with Gasteiger partial charge in [-0.05, 0) is 24.4 Å². The van der Waals surface area contributed by atoms with Crippen molar-refractivity contribution in [3.63, 3.8) is 0 Å². The van der Waals surface area contributed by atoms with Gasteiger partial charge >= 0.3 is 5.97 Å². The highest BCUT2D eigenvalue weighted by atomic mass is 32.1.